The first-order valence-corrected chi connectivity index (χ1v) is 11.2. The first kappa shape index (κ1) is 22.2. The minimum absolute atomic E-state index is 0.0877. The third kappa shape index (κ3) is 4.05. The van der Waals surface area contributed by atoms with Crippen molar-refractivity contribution < 1.29 is 23.5 Å². The van der Waals surface area contributed by atoms with E-state index in [1.165, 1.54) is 18.2 Å². The van der Waals surface area contributed by atoms with Crippen LogP contribution in [0, 0.1) is 12.7 Å². The molecular formula is C25H21ClFN3O4. The fourth-order valence-corrected chi connectivity index (χ4v) is 4.54. The number of ether oxygens (including phenoxy) is 2. The normalized spacial score (nSPS) is 14.0. The molecule has 34 heavy (non-hydrogen) atoms. The van der Waals surface area contributed by atoms with E-state index in [0.29, 0.717) is 36.6 Å². The number of halogens is 2. The number of pyridine rings is 1. The minimum Gasteiger partial charge on any atom is -0.454 e. The third-order valence-corrected chi connectivity index (χ3v) is 6.43. The van der Waals surface area contributed by atoms with Crippen LogP contribution >= 0.6 is 11.6 Å². The molecule has 2 aliphatic heterocycles. The van der Waals surface area contributed by atoms with Gasteiger partial charge in [0.1, 0.15) is 5.82 Å². The Morgan fingerprint density at radius 2 is 2.03 bits per heavy atom. The predicted molar refractivity (Wildman–Crippen MR) is 123 cm³/mol. The number of carbonyl (C=O) groups excluding carboxylic acids is 2. The molecule has 0 spiro atoms. The van der Waals surface area contributed by atoms with Gasteiger partial charge in [-0.2, -0.15) is 0 Å². The monoisotopic (exact) mass is 481 g/mol. The number of hydrogen-bond donors (Lipinski definition) is 1. The van der Waals surface area contributed by atoms with E-state index in [9.17, 15) is 14.0 Å². The van der Waals surface area contributed by atoms with Crippen LogP contribution in [0.25, 0.3) is 0 Å². The van der Waals surface area contributed by atoms with E-state index in [4.69, 9.17) is 21.1 Å². The Morgan fingerprint density at radius 1 is 1.21 bits per heavy atom. The maximum atomic E-state index is 14.3. The maximum Gasteiger partial charge on any atom is 0.258 e. The highest BCUT2D eigenvalue weighted by Crippen LogP contribution is 2.32. The molecule has 1 N–H and O–H groups in total. The molecule has 0 saturated carbocycles. The summed E-state index contributed by atoms with van der Waals surface area (Å²) in [5, 5.41) is 3.04. The average Bonchev–Trinajstić information content (AvgIpc) is 3.31. The summed E-state index contributed by atoms with van der Waals surface area (Å²) in [4.78, 5) is 31.7. The second-order valence-corrected chi connectivity index (χ2v) is 8.56. The molecule has 2 aliphatic rings. The van der Waals surface area contributed by atoms with Crippen LogP contribution in [0.1, 0.15) is 43.1 Å². The number of hydrogen-bond acceptors (Lipinski definition) is 5. The van der Waals surface area contributed by atoms with E-state index in [-0.39, 0.29) is 29.8 Å². The van der Waals surface area contributed by atoms with E-state index in [1.807, 2.05) is 6.92 Å². The molecule has 3 aromatic rings. The van der Waals surface area contributed by atoms with Gasteiger partial charge in [-0.15, -0.1) is 0 Å². The molecule has 174 valence electrons. The van der Waals surface area contributed by atoms with Crippen LogP contribution in [0.5, 0.6) is 11.5 Å². The number of aromatic nitrogens is 1. The Kier molecular flexibility index (Phi) is 5.83. The zero-order valence-corrected chi connectivity index (χ0v) is 19.1. The molecule has 0 atom stereocenters. The smallest absolute Gasteiger partial charge is 0.258 e. The summed E-state index contributed by atoms with van der Waals surface area (Å²) < 4.78 is 24.9. The lowest BCUT2D eigenvalue weighted by Crippen LogP contribution is -2.37. The number of aryl methyl sites for hydroxylation is 1. The SMILES string of the molecule is Cc1ncc2c(c1CNC(=O)c1ccc3c(c1)OCO3)CCN(C(=O)c1c(F)cccc1Cl)C2. The fourth-order valence-electron chi connectivity index (χ4n) is 4.30. The van der Waals surface area contributed by atoms with Gasteiger partial charge in [-0.05, 0) is 60.4 Å². The van der Waals surface area contributed by atoms with Crippen LogP contribution in [0.4, 0.5) is 4.39 Å². The number of amides is 2. The summed E-state index contributed by atoms with van der Waals surface area (Å²) in [5.74, 6) is -0.173. The molecule has 3 heterocycles. The highest BCUT2D eigenvalue weighted by atomic mass is 35.5. The van der Waals surface area contributed by atoms with Crippen LogP contribution in [-0.2, 0) is 19.5 Å². The largest absolute Gasteiger partial charge is 0.454 e. The molecule has 0 aliphatic carbocycles. The fraction of sp³-hybridized carbons (Fsp3) is 0.240. The van der Waals surface area contributed by atoms with E-state index < -0.39 is 11.7 Å². The summed E-state index contributed by atoms with van der Waals surface area (Å²) in [6.07, 6.45) is 2.29. The zero-order valence-electron chi connectivity index (χ0n) is 18.4. The van der Waals surface area contributed by atoms with Crippen molar-refractivity contribution in [2.75, 3.05) is 13.3 Å². The summed E-state index contributed by atoms with van der Waals surface area (Å²) in [6, 6.07) is 9.25. The molecule has 2 aromatic carbocycles. The van der Waals surface area contributed by atoms with Crippen molar-refractivity contribution in [2.24, 2.45) is 0 Å². The van der Waals surface area contributed by atoms with Gasteiger partial charge in [0, 0.05) is 37.1 Å². The lowest BCUT2D eigenvalue weighted by atomic mass is 9.94. The Bertz CT molecular complexity index is 1290. The standard InChI is InChI=1S/C25H21ClFN3O4/c1-14-18(11-29-24(31)15-5-6-21-22(9-15)34-13-33-21)17-7-8-30(12-16(17)10-28-14)25(32)23-19(26)3-2-4-20(23)27/h2-6,9-10H,7-8,11-13H2,1H3,(H,29,31). The van der Waals surface area contributed by atoms with Crippen LogP contribution in [0.15, 0.2) is 42.6 Å². The quantitative estimate of drug-likeness (QED) is 0.608. The minimum atomic E-state index is -0.641. The van der Waals surface area contributed by atoms with Crippen molar-refractivity contribution in [3.63, 3.8) is 0 Å². The van der Waals surface area contributed by atoms with Gasteiger partial charge in [-0.1, -0.05) is 17.7 Å². The van der Waals surface area contributed by atoms with Crippen molar-refractivity contribution in [1.82, 2.24) is 15.2 Å². The highest BCUT2D eigenvalue weighted by molar-refractivity contribution is 6.33. The first-order valence-electron chi connectivity index (χ1n) is 10.8. The van der Waals surface area contributed by atoms with Crippen molar-refractivity contribution in [3.05, 3.63) is 86.9 Å². The van der Waals surface area contributed by atoms with E-state index >= 15 is 0 Å². The first-order chi connectivity index (χ1) is 16.4. The summed E-state index contributed by atoms with van der Waals surface area (Å²) >= 11 is 6.09. The molecular weight excluding hydrogens is 461 g/mol. The zero-order chi connectivity index (χ0) is 23.8. The van der Waals surface area contributed by atoms with Crippen molar-refractivity contribution in [1.29, 1.82) is 0 Å². The molecule has 1 aromatic heterocycles. The summed E-state index contributed by atoms with van der Waals surface area (Å²) in [5.41, 5.74) is 3.98. The number of nitrogens with one attached hydrogen (secondary N) is 1. The van der Waals surface area contributed by atoms with Gasteiger partial charge in [0.2, 0.25) is 6.79 Å². The number of benzene rings is 2. The van der Waals surface area contributed by atoms with Gasteiger partial charge in [0.05, 0.1) is 10.6 Å². The molecule has 0 saturated heterocycles. The molecule has 0 bridgehead atoms. The third-order valence-electron chi connectivity index (χ3n) is 6.12. The second-order valence-electron chi connectivity index (χ2n) is 8.15. The second kappa shape index (κ2) is 8.95. The number of rotatable bonds is 4. The van der Waals surface area contributed by atoms with Gasteiger partial charge in [-0.25, -0.2) is 4.39 Å². The van der Waals surface area contributed by atoms with Gasteiger partial charge in [0.25, 0.3) is 11.8 Å². The van der Waals surface area contributed by atoms with Crippen molar-refractivity contribution >= 4 is 23.4 Å². The molecule has 9 heteroatoms. The van der Waals surface area contributed by atoms with E-state index in [2.05, 4.69) is 10.3 Å². The van der Waals surface area contributed by atoms with Crippen LogP contribution in [0.2, 0.25) is 5.02 Å². The molecule has 0 radical (unpaired) electrons. The lowest BCUT2D eigenvalue weighted by Gasteiger charge is -2.31. The average molecular weight is 482 g/mol. The van der Waals surface area contributed by atoms with E-state index in [1.54, 1.807) is 29.3 Å². The van der Waals surface area contributed by atoms with Gasteiger partial charge >= 0.3 is 0 Å². The molecule has 0 unspecified atom stereocenters. The van der Waals surface area contributed by atoms with Gasteiger partial charge in [-0.3, -0.25) is 14.6 Å². The van der Waals surface area contributed by atoms with Crippen LogP contribution in [0.3, 0.4) is 0 Å². The van der Waals surface area contributed by atoms with Gasteiger partial charge < -0.3 is 19.7 Å². The predicted octanol–water partition coefficient (Wildman–Crippen LogP) is 4.04. The number of fused-ring (bicyclic) bond motifs is 2. The van der Waals surface area contributed by atoms with Crippen LogP contribution in [-0.4, -0.2) is 35.0 Å². The van der Waals surface area contributed by atoms with Gasteiger partial charge in [0.15, 0.2) is 11.5 Å². The molecule has 5 rings (SSSR count). The molecule has 7 nitrogen and oxygen atoms in total. The Hall–Kier alpha value is -3.65. The topological polar surface area (TPSA) is 80.8 Å². The van der Waals surface area contributed by atoms with E-state index in [0.717, 1.165) is 22.4 Å². The summed E-state index contributed by atoms with van der Waals surface area (Å²) in [6.45, 7) is 3.02. The lowest BCUT2D eigenvalue weighted by molar-refractivity contribution is 0.0729. The molecule has 2 amide bonds. The van der Waals surface area contributed by atoms with Crippen molar-refractivity contribution in [3.8, 4) is 11.5 Å². The summed E-state index contributed by atoms with van der Waals surface area (Å²) in [7, 11) is 0. The number of carbonyl (C=O) groups is 2. The maximum absolute atomic E-state index is 14.3. The molecule has 0 fully saturated rings. The Labute approximate surface area is 200 Å². The van der Waals surface area contributed by atoms with Crippen LogP contribution < -0.4 is 14.8 Å². The Morgan fingerprint density at radius 3 is 2.85 bits per heavy atom. The van der Waals surface area contributed by atoms with Crippen molar-refractivity contribution in [2.45, 2.75) is 26.4 Å². The number of nitrogens with zero attached hydrogens (tertiary/aromatic N) is 2. The highest BCUT2D eigenvalue weighted by Gasteiger charge is 2.28. The Balaban J connectivity index is 1.33.